The second-order valence-corrected chi connectivity index (χ2v) is 6.42. The molecule has 8 heteroatoms. The fraction of sp³-hybridized carbons (Fsp3) is 0.250. The third-order valence-corrected chi connectivity index (χ3v) is 4.57. The lowest BCUT2D eigenvalue weighted by Gasteiger charge is -2.09. The molecule has 108 valence electrons. The largest absolute Gasteiger partial charge is 0.392 e. The quantitative estimate of drug-likeness (QED) is 0.804. The highest BCUT2D eigenvalue weighted by Gasteiger charge is 2.19. The van der Waals surface area contributed by atoms with Gasteiger partial charge in [0.25, 0.3) is 10.0 Å². The zero-order valence-electron chi connectivity index (χ0n) is 10.9. The number of hydrogen-bond acceptors (Lipinski definition) is 4. The maximum absolute atomic E-state index is 12.3. The molecule has 0 bridgehead atoms. The first-order valence-electron chi connectivity index (χ1n) is 5.79. The van der Waals surface area contributed by atoms with Gasteiger partial charge in [0.2, 0.25) is 0 Å². The Morgan fingerprint density at radius 1 is 1.40 bits per heavy atom. The summed E-state index contributed by atoms with van der Waals surface area (Å²) in [7, 11) is -3.75. The van der Waals surface area contributed by atoms with Crippen LogP contribution in [0.15, 0.2) is 23.1 Å². The molecule has 0 unspecified atom stereocenters. The number of aromatic amines is 1. The van der Waals surface area contributed by atoms with Crippen LogP contribution in [-0.2, 0) is 16.6 Å². The van der Waals surface area contributed by atoms with E-state index in [1.807, 2.05) is 0 Å². The van der Waals surface area contributed by atoms with Gasteiger partial charge < -0.3 is 5.11 Å². The van der Waals surface area contributed by atoms with Crippen molar-refractivity contribution < 1.29 is 13.5 Å². The zero-order valence-corrected chi connectivity index (χ0v) is 12.5. The molecule has 0 aliphatic heterocycles. The summed E-state index contributed by atoms with van der Waals surface area (Å²) < 4.78 is 27.0. The fourth-order valence-electron chi connectivity index (χ4n) is 1.72. The van der Waals surface area contributed by atoms with Gasteiger partial charge in [-0.25, -0.2) is 8.42 Å². The Morgan fingerprint density at radius 3 is 2.60 bits per heavy atom. The Morgan fingerprint density at radius 2 is 2.10 bits per heavy atom. The molecule has 6 nitrogen and oxygen atoms in total. The van der Waals surface area contributed by atoms with Gasteiger partial charge in [-0.15, -0.1) is 0 Å². The van der Waals surface area contributed by atoms with Crippen LogP contribution in [-0.4, -0.2) is 23.7 Å². The molecule has 1 aromatic heterocycles. The minimum atomic E-state index is -3.75. The Hall–Kier alpha value is -1.57. The molecule has 2 aromatic rings. The molecule has 0 aliphatic carbocycles. The standard InChI is InChI=1S/C12H14ClN3O3S/c1-7-12(8(2)15-14-7)16-20(18,19)10-4-3-9(6-17)11(13)5-10/h3-5,16-17H,6H2,1-2H3,(H,14,15). The van der Waals surface area contributed by atoms with Crippen LogP contribution in [0.1, 0.15) is 17.0 Å². The van der Waals surface area contributed by atoms with Gasteiger partial charge in [0.1, 0.15) is 0 Å². The van der Waals surface area contributed by atoms with E-state index in [1.54, 1.807) is 13.8 Å². The Labute approximate surface area is 121 Å². The normalized spacial score (nSPS) is 11.6. The van der Waals surface area contributed by atoms with Gasteiger partial charge in [-0.1, -0.05) is 17.7 Å². The number of H-pyrrole nitrogens is 1. The van der Waals surface area contributed by atoms with Crippen molar-refractivity contribution in [1.29, 1.82) is 0 Å². The number of aryl methyl sites for hydroxylation is 2. The van der Waals surface area contributed by atoms with Gasteiger partial charge in [0.15, 0.2) is 0 Å². The number of nitrogens with one attached hydrogen (secondary N) is 2. The van der Waals surface area contributed by atoms with Crippen LogP contribution in [0.2, 0.25) is 5.02 Å². The monoisotopic (exact) mass is 315 g/mol. The van der Waals surface area contributed by atoms with Gasteiger partial charge in [0.05, 0.1) is 28.6 Å². The highest BCUT2D eigenvalue weighted by molar-refractivity contribution is 7.92. The van der Waals surface area contributed by atoms with Crippen LogP contribution in [0.4, 0.5) is 5.69 Å². The summed E-state index contributed by atoms with van der Waals surface area (Å²) >= 11 is 5.91. The van der Waals surface area contributed by atoms with Crippen LogP contribution in [0.3, 0.4) is 0 Å². The average Bonchev–Trinajstić information content (AvgIpc) is 2.70. The third kappa shape index (κ3) is 2.79. The average molecular weight is 316 g/mol. The fourth-order valence-corrected chi connectivity index (χ4v) is 3.23. The second-order valence-electron chi connectivity index (χ2n) is 4.33. The SMILES string of the molecule is Cc1n[nH]c(C)c1NS(=O)(=O)c1ccc(CO)c(Cl)c1. The zero-order chi connectivity index (χ0) is 14.9. The predicted molar refractivity (Wildman–Crippen MR) is 76.2 cm³/mol. The molecule has 0 saturated heterocycles. The molecule has 3 N–H and O–H groups in total. The van der Waals surface area contributed by atoms with E-state index < -0.39 is 10.0 Å². The van der Waals surface area contributed by atoms with E-state index in [2.05, 4.69) is 14.9 Å². The minimum Gasteiger partial charge on any atom is -0.392 e. The van der Waals surface area contributed by atoms with Gasteiger partial charge in [-0.05, 0) is 31.5 Å². The number of aliphatic hydroxyl groups excluding tert-OH is 1. The van der Waals surface area contributed by atoms with Crippen molar-refractivity contribution in [3.63, 3.8) is 0 Å². The third-order valence-electron chi connectivity index (χ3n) is 2.87. The number of halogens is 1. The number of hydrogen-bond donors (Lipinski definition) is 3. The van der Waals surface area contributed by atoms with Crippen molar-refractivity contribution >= 4 is 27.3 Å². The molecular weight excluding hydrogens is 302 g/mol. The van der Waals surface area contributed by atoms with Crippen LogP contribution in [0, 0.1) is 13.8 Å². The first kappa shape index (κ1) is 14.8. The van der Waals surface area contributed by atoms with Crippen LogP contribution < -0.4 is 4.72 Å². The van der Waals surface area contributed by atoms with E-state index in [4.69, 9.17) is 16.7 Å². The molecule has 0 saturated carbocycles. The summed E-state index contributed by atoms with van der Waals surface area (Å²) in [6.45, 7) is 3.18. The maximum atomic E-state index is 12.3. The summed E-state index contributed by atoms with van der Waals surface area (Å²) in [6, 6.07) is 4.18. The lowest BCUT2D eigenvalue weighted by atomic mass is 10.2. The van der Waals surface area contributed by atoms with Crippen LogP contribution >= 0.6 is 11.6 Å². The van der Waals surface area contributed by atoms with Crippen molar-refractivity contribution in [3.05, 3.63) is 40.2 Å². The predicted octanol–water partition coefficient (Wildman–Crippen LogP) is 1.97. The highest BCUT2D eigenvalue weighted by Crippen LogP contribution is 2.24. The van der Waals surface area contributed by atoms with Crippen molar-refractivity contribution in [2.24, 2.45) is 0 Å². The second kappa shape index (κ2) is 5.43. The number of rotatable bonds is 4. The summed E-state index contributed by atoms with van der Waals surface area (Å²) in [5.41, 5.74) is 2.09. The highest BCUT2D eigenvalue weighted by atomic mass is 35.5. The number of aromatic nitrogens is 2. The summed E-state index contributed by atoms with van der Waals surface area (Å²) in [5, 5.41) is 15.9. The van der Waals surface area contributed by atoms with E-state index >= 15 is 0 Å². The minimum absolute atomic E-state index is 0.0275. The van der Waals surface area contributed by atoms with Crippen molar-refractivity contribution in [1.82, 2.24) is 10.2 Å². The summed E-state index contributed by atoms with van der Waals surface area (Å²) in [6.07, 6.45) is 0. The molecule has 0 fully saturated rings. The molecule has 0 amide bonds. The van der Waals surface area contributed by atoms with E-state index in [1.165, 1.54) is 18.2 Å². The lowest BCUT2D eigenvalue weighted by molar-refractivity contribution is 0.282. The molecule has 0 aliphatic rings. The van der Waals surface area contributed by atoms with E-state index in [9.17, 15) is 8.42 Å². The van der Waals surface area contributed by atoms with Crippen molar-refractivity contribution in [2.75, 3.05) is 4.72 Å². The topological polar surface area (TPSA) is 95.1 Å². The molecule has 0 atom stereocenters. The molecule has 2 rings (SSSR count). The maximum Gasteiger partial charge on any atom is 0.262 e. The van der Waals surface area contributed by atoms with Crippen LogP contribution in [0.5, 0.6) is 0 Å². The van der Waals surface area contributed by atoms with Gasteiger partial charge in [0, 0.05) is 5.02 Å². The molecular formula is C12H14ClN3O3S. The molecule has 0 radical (unpaired) electrons. The Bertz CT molecular complexity index is 721. The first-order valence-corrected chi connectivity index (χ1v) is 7.65. The smallest absolute Gasteiger partial charge is 0.262 e. The number of nitrogens with zero attached hydrogens (tertiary/aromatic N) is 1. The van der Waals surface area contributed by atoms with E-state index in [0.717, 1.165) is 0 Å². The van der Waals surface area contributed by atoms with Gasteiger partial charge >= 0.3 is 0 Å². The van der Waals surface area contributed by atoms with E-state index in [-0.39, 0.29) is 16.5 Å². The van der Waals surface area contributed by atoms with Crippen LogP contribution in [0.25, 0.3) is 0 Å². The molecule has 1 aromatic carbocycles. The Balaban J connectivity index is 2.38. The van der Waals surface area contributed by atoms with Crippen molar-refractivity contribution in [2.45, 2.75) is 25.3 Å². The summed E-state index contributed by atoms with van der Waals surface area (Å²) in [4.78, 5) is 0.0275. The van der Waals surface area contributed by atoms with Gasteiger partial charge in [-0.2, -0.15) is 5.10 Å². The molecule has 0 spiro atoms. The van der Waals surface area contributed by atoms with E-state index in [0.29, 0.717) is 22.6 Å². The Kier molecular flexibility index (Phi) is 4.03. The first-order chi connectivity index (χ1) is 9.35. The lowest BCUT2D eigenvalue weighted by Crippen LogP contribution is -2.14. The number of benzene rings is 1. The van der Waals surface area contributed by atoms with Gasteiger partial charge in [-0.3, -0.25) is 9.82 Å². The number of sulfonamides is 1. The molecule has 1 heterocycles. The number of anilines is 1. The summed E-state index contributed by atoms with van der Waals surface area (Å²) in [5.74, 6) is 0. The molecule has 20 heavy (non-hydrogen) atoms. The van der Waals surface area contributed by atoms with Crippen molar-refractivity contribution in [3.8, 4) is 0 Å². The number of aliphatic hydroxyl groups is 1.